The molecule has 0 aliphatic carbocycles. The number of hydrogen-bond acceptors (Lipinski definition) is 3. The molecule has 0 fully saturated rings. The molecule has 0 spiro atoms. The van der Waals surface area contributed by atoms with Gasteiger partial charge >= 0.3 is 148 Å². The van der Waals surface area contributed by atoms with Crippen molar-refractivity contribution < 1.29 is 1.43 Å². The van der Waals surface area contributed by atoms with E-state index in [4.69, 9.17) is 0 Å². The van der Waals surface area contributed by atoms with Gasteiger partial charge in [0.15, 0.2) is 0 Å². The van der Waals surface area contributed by atoms with Gasteiger partial charge in [0.2, 0.25) is 0 Å². The maximum absolute atomic E-state index is 2.47. The number of rotatable bonds is 12. The van der Waals surface area contributed by atoms with Gasteiger partial charge in [-0.25, -0.2) is 0 Å². The molecule has 0 N–H and O–H groups in total. The third kappa shape index (κ3) is 13.1. The largest absolute Gasteiger partial charge is 1.00 e. The van der Waals surface area contributed by atoms with Crippen LogP contribution in [0.15, 0.2) is 0 Å². The molecule has 3 nitrogen and oxygen atoms in total. The van der Waals surface area contributed by atoms with Crippen LogP contribution in [-0.4, -0.2) is 96.4 Å². The summed E-state index contributed by atoms with van der Waals surface area (Å²) in [6, 6.07) is 0. The van der Waals surface area contributed by atoms with Crippen LogP contribution in [0.4, 0.5) is 0 Å². The van der Waals surface area contributed by atoms with E-state index in [2.05, 4.69) is 77.8 Å². The van der Waals surface area contributed by atoms with E-state index in [1.54, 1.807) is 13.3 Å². The second-order valence-corrected chi connectivity index (χ2v) is 17.7. The molecule has 4 heteroatoms. The van der Waals surface area contributed by atoms with Crippen LogP contribution < -0.4 is 0 Å². The standard InChI is InChI=1S/3C6H14N.Sn.2H/c3*1-6(2)5-7(3)4;;;/h3*6H,1,5H2,2-4H3;;;/q;;;;;-1. The Kier molecular flexibility index (Phi) is 12.5. The van der Waals surface area contributed by atoms with Gasteiger partial charge < -0.3 is 1.43 Å². The summed E-state index contributed by atoms with van der Waals surface area (Å²) in [5.41, 5.74) is 0. The molecule has 3 unspecified atom stereocenters. The first-order chi connectivity index (χ1) is 10.1. The molecule has 0 aliphatic heterocycles. The number of hydrogen-bond donors (Lipinski definition) is 0. The van der Waals surface area contributed by atoms with Crippen molar-refractivity contribution in [3.8, 4) is 0 Å². The summed E-state index contributed by atoms with van der Waals surface area (Å²) in [7, 11) is 13.3. The molecule has 0 aliphatic rings. The zero-order valence-corrected chi connectivity index (χ0v) is 20.2. The fourth-order valence-electron chi connectivity index (χ4n) is 4.09. The average Bonchev–Trinajstić information content (AvgIpc) is 2.23. The molecule has 0 aromatic rings. The molecule has 0 aromatic heterocycles. The summed E-state index contributed by atoms with van der Waals surface area (Å²) >= 11 is -1.44. The molecular weight excluding hydrogens is 377 g/mol. The minimum atomic E-state index is -1.44. The Morgan fingerprint density at radius 3 is 1.00 bits per heavy atom. The molecule has 0 radical (unpaired) electrons. The van der Waals surface area contributed by atoms with Crippen LogP contribution in [0.3, 0.4) is 0 Å². The normalized spacial score (nSPS) is 18.0. The van der Waals surface area contributed by atoms with Crippen molar-refractivity contribution in [2.75, 3.05) is 61.9 Å². The molecule has 136 valence electrons. The first kappa shape index (κ1) is 22.7. The second-order valence-electron chi connectivity index (χ2n) is 8.68. The summed E-state index contributed by atoms with van der Waals surface area (Å²) in [5, 5.41) is 0. The molecule has 3 atom stereocenters. The van der Waals surface area contributed by atoms with Crippen LogP contribution in [-0.2, 0) is 0 Å². The molecule has 0 rings (SSSR count). The molecule has 0 amide bonds. The molecule has 0 saturated carbocycles. The maximum atomic E-state index is 2.47. The van der Waals surface area contributed by atoms with E-state index in [-0.39, 0.29) is 1.43 Å². The fraction of sp³-hybridized carbons (Fsp3) is 1.00. The third-order valence-electron chi connectivity index (χ3n) is 4.24. The predicted molar refractivity (Wildman–Crippen MR) is 106 cm³/mol. The Hall–Kier alpha value is 0.679. The van der Waals surface area contributed by atoms with Crippen LogP contribution in [0.5, 0.6) is 0 Å². The predicted octanol–water partition coefficient (Wildman–Crippen LogP) is 2.92. The second kappa shape index (κ2) is 12.1. The summed E-state index contributed by atoms with van der Waals surface area (Å²) in [5.74, 6) is 2.65. The first-order valence-electron chi connectivity index (χ1n) is 9.04. The van der Waals surface area contributed by atoms with Gasteiger partial charge in [-0.05, 0) is 0 Å². The van der Waals surface area contributed by atoms with E-state index in [9.17, 15) is 0 Å². The van der Waals surface area contributed by atoms with Gasteiger partial charge in [-0.1, -0.05) is 0 Å². The minimum Gasteiger partial charge on any atom is -1.00 e. The Balaban J connectivity index is 0. The molecule has 22 heavy (non-hydrogen) atoms. The SMILES string of the molecule is CC(CN(C)C)[CH2][SnH]([CH2]C(C)CN(C)C)[CH2]C(C)CN(C)C.[H-]. The maximum Gasteiger partial charge on any atom is -1.00 e. The summed E-state index contributed by atoms with van der Waals surface area (Å²) in [4.78, 5) is 7.08. The quantitative estimate of drug-likeness (QED) is 0.449. The molecule has 0 heterocycles. The van der Waals surface area contributed by atoms with Gasteiger partial charge in [0, 0.05) is 0 Å². The Bertz CT molecular complexity index is 232. The zero-order chi connectivity index (χ0) is 17.3. The first-order valence-corrected chi connectivity index (χ1v) is 16.0. The van der Waals surface area contributed by atoms with Gasteiger partial charge in [0.25, 0.3) is 0 Å². The summed E-state index contributed by atoms with van der Waals surface area (Å²) < 4.78 is 4.74. The molecular formula is C18H44N3Sn-. The topological polar surface area (TPSA) is 9.72 Å². The van der Waals surface area contributed by atoms with Crippen molar-refractivity contribution in [2.45, 2.75) is 34.1 Å². The fourth-order valence-corrected chi connectivity index (χ4v) is 16.8. The van der Waals surface area contributed by atoms with E-state index >= 15 is 0 Å². The zero-order valence-electron chi connectivity index (χ0n) is 17.9. The van der Waals surface area contributed by atoms with E-state index in [0.717, 1.165) is 17.8 Å². The average molecular weight is 421 g/mol. The van der Waals surface area contributed by atoms with E-state index in [0.29, 0.717) is 0 Å². The van der Waals surface area contributed by atoms with Crippen LogP contribution >= 0.6 is 0 Å². The van der Waals surface area contributed by atoms with Crippen molar-refractivity contribution in [1.29, 1.82) is 0 Å². The summed E-state index contributed by atoms with van der Waals surface area (Å²) in [6.07, 6.45) is 0. The van der Waals surface area contributed by atoms with Crippen LogP contribution in [0.2, 0.25) is 13.3 Å². The summed E-state index contributed by atoms with van der Waals surface area (Å²) in [6.45, 7) is 11.2. The molecule has 0 aromatic carbocycles. The smallest absolute Gasteiger partial charge is 1.00 e. The van der Waals surface area contributed by atoms with Crippen molar-refractivity contribution in [3.05, 3.63) is 0 Å². The van der Waals surface area contributed by atoms with Gasteiger partial charge in [-0.3, -0.25) is 0 Å². The third-order valence-corrected chi connectivity index (χ3v) is 16.8. The van der Waals surface area contributed by atoms with E-state index < -0.39 is 19.8 Å². The van der Waals surface area contributed by atoms with E-state index in [1.807, 2.05) is 0 Å². The van der Waals surface area contributed by atoms with E-state index in [1.165, 1.54) is 19.6 Å². The van der Waals surface area contributed by atoms with Gasteiger partial charge in [-0.2, -0.15) is 0 Å². The van der Waals surface area contributed by atoms with Crippen LogP contribution in [0.1, 0.15) is 22.2 Å². The monoisotopic (exact) mass is 422 g/mol. The van der Waals surface area contributed by atoms with Crippen molar-refractivity contribution in [1.82, 2.24) is 14.7 Å². The van der Waals surface area contributed by atoms with Crippen molar-refractivity contribution in [2.24, 2.45) is 17.8 Å². The molecule has 0 bridgehead atoms. The van der Waals surface area contributed by atoms with Crippen LogP contribution in [0, 0.1) is 17.8 Å². The molecule has 0 saturated heterocycles. The Morgan fingerprint density at radius 1 is 0.591 bits per heavy atom. The Labute approximate surface area is 149 Å². The van der Waals surface area contributed by atoms with Crippen LogP contribution in [0.25, 0.3) is 0 Å². The van der Waals surface area contributed by atoms with Gasteiger partial charge in [-0.15, -0.1) is 0 Å². The number of nitrogens with zero attached hydrogens (tertiary/aromatic N) is 3. The Morgan fingerprint density at radius 2 is 0.818 bits per heavy atom. The van der Waals surface area contributed by atoms with Crippen molar-refractivity contribution in [3.63, 3.8) is 0 Å². The van der Waals surface area contributed by atoms with Gasteiger partial charge in [0.05, 0.1) is 0 Å². The minimum absolute atomic E-state index is 0. The van der Waals surface area contributed by atoms with Crippen molar-refractivity contribution >= 4 is 19.8 Å². The van der Waals surface area contributed by atoms with Gasteiger partial charge in [0.1, 0.15) is 0 Å².